The SMILES string of the molecule is CNc1nc(C)nc(CCC2CCC[C@H](C(=O)NCc3ccc(Cl)cc3Cl)C2)n1. The normalized spacial score (nSPS) is 19.0. The number of nitrogens with one attached hydrogen (secondary N) is 2. The van der Waals surface area contributed by atoms with Gasteiger partial charge in [0.15, 0.2) is 0 Å². The number of amides is 1. The first kappa shape index (κ1) is 21.8. The third-order valence-corrected chi connectivity index (χ3v) is 6.00. The predicted octanol–water partition coefficient (Wildman–Crippen LogP) is 4.58. The molecule has 2 N–H and O–H groups in total. The number of aromatic nitrogens is 3. The largest absolute Gasteiger partial charge is 0.357 e. The number of aryl methyl sites for hydroxylation is 2. The van der Waals surface area contributed by atoms with E-state index in [4.69, 9.17) is 23.2 Å². The number of hydrogen-bond donors (Lipinski definition) is 2. The Morgan fingerprint density at radius 1 is 1.21 bits per heavy atom. The molecule has 0 spiro atoms. The van der Waals surface area contributed by atoms with Crippen LogP contribution in [0.1, 0.15) is 49.3 Å². The lowest BCUT2D eigenvalue weighted by Crippen LogP contribution is -2.33. The number of carbonyl (C=O) groups is 1. The van der Waals surface area contributed by atoms with Crippen LogP contribution in [0.5, 0.6) is 0 Å². The molecule has 0 aliphatic heterocycles. The van der Waals surface area contributed by atoms with Crippen LogP contribution >= 0.6 is 23.2 Å². The van der Waals surface area contributed by atoms with E-state index in [1.807, 2.05) is 13.0 Å². The molecule has 1 amide bonds. The van der Waals surface area contributed by atoms with Gasteiger partial charge in [-0.1, -0.05) is 42.1 Å². The van der Waals surface area contributed by atoms with Gasteiger partial charge in [0.2, 0.25) is 11.9 Å². The molecular formula is C21H27Cl2N5O. The molecule has 1 aromatic carbocycles. The van der Waals surface area contributed by atoms with E-state index in [2.05, 4.69) is 25.6 Å². The summed E-state index contributed by atoms with van der Waals surface area (Å²) in [6.45, 7) is 2.30. The van der Waals surface area contributed by atoms with Crippen molar-refractivity contribution in [1.29, 1.82) is 0 Å². The van der Waals surface area contributed by atoms with E-state index in [1.54, 1.807) is 19.2 Å². The van der Waals surface area contributed by atoms with E-state index in [9.17, 15) is 4.79 Å². The Morgan fingerprint density at radius 3 is 2.79 bits per heavy atom. The average Bonchev–Trinajstić information content (AvgIpc) is 2.71. The van der Waals surface area contributed by atoms with Crippen molar-refractivity contribution in [3.63, 3.8) is 0 Å². The zero-order valence-electron chi connectivity index (χ0n) is 16.8. The fourth-order valence-electron chi connectivity index (χ4n) is 3.88. The minimum absolute atomic E-state index is 0.0489. The predicted molar refractivity (Wildman–Crippen MR) is 116 cm³/mol. The Kier molecular flexibility index (Phi) is 7.67. The Balaban J connectivity index is 1.50. The highest BCUT2D eigenvalue weighted by atomic mass is 35.5. The molecule has 1 unspecified atom stereocenters. The summed E-state index contributed by atoms with van der Waals surface area (Å²) in [5.41, 5.74) is 0.877. The Morgan fingerprint density at radius 2 is 2.03 bits per heavy atom. The molecule has 29 heavy (non-hydrogen) atoms. The maximum absolute atomic E-state index is 12.7. The number of carbonyl (C=O) groups excluding carboxylic acids is 1. The van der Waals surface area contributed by atoms with E-state index in [0.29, 0.717) is 28.5 Å². The van der Waals surface area contributed by atoms with Crippen molar-refractivity contribution in [2.24, 2.45) is 11.8 Å². The van der Waals surface area contributed by atoms with Crippen LogP contribution < -0.4 is 10.6 Å². The van der Waals surface area contributed by atoms with Gasteiger partial charge < -0.3 is 10.6 Å². The summed E-state index contributed by atoms with van der Waals surface area (Å²) in [6.07, 6.45) is 5.85. The van der Waals surface area contributed by atoms with Crippen molar-refractivity contribution >= 4 is 35.1 Å². The van der Waals surface area contributed by atoms with Crippen LogP contribution in [0.2, 0.25) is 10.0 Å². The van der Waals surface area contributed by atoms with Crippen LogP contribution in [0.25, 0.3) is 0 Å². The molecule has 1 aliphatic carbocycles. The van der Waals surface area contributed by atoms with E-state index in [-0.39, 0.29) is 11.8 Å². The Bertz CT molecular complexity index is 861. The molecule has 1 aromatic heterocycles. The first-order valence-electron chi connectivity index (χ1n) is 10.1. The van der Waals surface area contributed by atoms with Crippen LogP contribution in [0.15, 0.2) is 18.2 Å². The maximum atomic E-state index is 12.7. The van der Waals surface area contributed by atoms with Crippen LogP contribution in [-0.2, 0) is 17.8 Å². The molecule has 6 nitrogen and oxygen atoms in total. The van der Waals surface area contributed by atoms with Gasteiger partial charge in [-0.05, 0) is 49.8 Å². The molecule has 3 rings (SSSR count). The highest BCUT2D eigenvalue weighted by Gasteiger charge is 2.27. The minimum Gasteiger partial charge on any atom is -0.357 e. The van der Waals surface area contributed by atoms with Gasteiger partial charge in [0.25, 0.3) is 0 Å². The summed E-state index contributed by atoms with van der Waals surface area (Å²) < 4.78 is 0. The molecular weight excluding hydrogens is 409 g/mol. The van der Waals surface area contributed by atoms with Crippen LogP contribution in [0, 0.1) is 18.8 Å². The van der Waals surface area contributed by atoms with Gasteiger partial charge in [0, 0.05) is 36.0 Å². The molecule has 1 fully saturated rings. The highest BCUT2D eigenvalue weighted by Crippen LogP contribution is 2.32. The van der Waals surface area contributed by atoms with Crippen molar-refractivity contribution in [3.05, 3.63) is 45.5 Å². The van der Waals surface area contributed by atoms with E-state index in [1.165, 1.54) is 0 Å². The van der Waals surface area contributed by atoms with Crippen molar-refractivity contribution in [2.75, 3.05) is 12.4 Å². The van der Waals surface area contributed by atoms with Gasteiger partial charge in [-0.15, -0.1) is 0 Å². The standard InChI is InChI=1S/C21H27Cl2N5O/c1-13-26-19(28-21(24-2)27-13)9-6-14-4-3-5-15(10-14)20(29)25-12-16-7-8-17(22)11-18(16)23/h7-8,11,14-15H,3-6,9-10,12H2,1-2H3,(H,25,29)(H,24,26,27,28)/t14?,15-/m0/s1. The van der Waals surface area contributed by atoms with Crippen molar-refractivity contribution in [2.45, 2.75) is 52.0 Å². The van der Waals surface area contributed by atoms with Crippen molar-refractivity contribution < 1.29 is 4.79 Å². The number of benzene rings is 1. The van der Waals surface area contributed by atoms with Crippen LogP contribution in [-0.4, -0.2) is 27.9 Å². The number of nitrogens with zero attached hydrogens (tertiary/aromatic N) is 3. The summed E-state index contributed by atoms with van der Waals surface area (Å²) in [4.78, 5) is 25.8. The average molecular weight is 436 g/mol. The van der Waals surface area contributed by atoms with Gasteiger partial charge in [-0.3, -0.25) is 4.79 Å². The molecule has 1 saturated carbocycles. The third-order valence-electron chi connectivity index (χ3n) is 5.42. The van der Waals surface area contributed by atoms with E-state index < -0.39 is 0 Å². The summed E-state index contributed by atoms with van der Waals surface area (Å²) in [5, 5.41) is 7.18. The Labute approximate surface area is 181 Å². The number of halogens is 2. The summed E-state index contributed by atoms with van der Waals surface area (Å²) in [5.74, 6) is 2.80. The number of anilines is 1. The molecule has 1 aliphatic rings. The lowest BCUT2D eigenvalue weighted by Gasteiger charge is -2.28. The second kappa shape index (κ2) is 10.2. The number of rotatable bonds is 7. The Hall–Kier alpha value is -1.92. The zero-order valence-corrected chi connectivity index (χ0v) is 18.4. The van der Waals surface area contributed by atoms with Crippen molar-refractivity contribution in [3.8, 4) is 0 Å². The summed E-state index contributed by atoms with van der Waals surface area (Å²) in [7, 11) is 1.81. The smallest absolute Gasteiger partial charge is 0.225 e. The van der Waals surface area contributed by atoms with Crippen LogP contribution in [0.3, 0.4) is 0 Å². The second-order valence-electron chi connectivity index (χ2n) is 7.59. The fraction of sp³-hybridized carbons (Fsp3) is 0.524. The molecule has 0 bridgehead atoms. The molecule has 1 heterocycles. The van der Waals surface area contributed by atoms with E-state index in [0.717, 1.165) is 55.7 Å². The first-order valence-corrected chi connectivity index (χ1v) is 10.8. The topological polar surface area (TPSA) is 79.8 Å². The number of hydrogen-bond acceptors (Lipinski definition) is 5. The minimum atomic E-state index is 0.0489. The van der Waals surface area contributed by atoms with Crippen LogP contribution in [0.4, 0.5) is 5.95 Å². The molecule has 2 atom stereocenters. The monoisotopic (exact) mass is 435 g/mol. The first-order chi connectivity index (χ1) is 13.9. The van der Waals surface area contributed by atoms with Crippen molar-refractivity contribution in [1.82, 2.24) is 20.3 Å². The summed E-state index contributed by atoms with van der Waals surface area (Å²) in [6, 6.07) is 5.34. The zero-order chi connectivity index (χ0) is 20.8. The maximum Gasteiger partial charge on any atom is 0.225 e. The highest BCUT2D eigenvalue weighted by molar-refractivity contribution is 6.35. The quantitative estimate of drug-likeness (QED) is 0.664. The second-order valence-corrected chi connectivity index (χ2v) is 8.44. The van der Waals surface area contributed by atoms with Gasteiger partial charge in [0.1, 0.15) is 11.6 Å². The van der Waals surface area contributed by atoms with E-state index >= 15 is 0 Å². The molecule has 0 saturated heterocycles. The molecule has 156 valence electrons. The van der Waals surface area contributed by atoms with Gasteiger partial charge in [0.05, 0.1) is 0 Å². The lowest BCUT2D eigenvalue weighted by molar-refractivity contribution is -0.126. The summed E-state index contributed by atoms with van der Waals surface area (Å²) >= 11 is 12.1. The molecule has 8 heteroatoms. The van der Waals surface area contributed by atoms with Gasteiger partial charge in [-0.2, -0.15) is 9.97 Å². The lowest BCUT2D eigenvalue weighted by atomic mass is 9.79. The van der Waals surface area contributed by atoms with Gasteiger partial charge in [-0.25, -0.2) is 4.98 Å². The molecule has 2 aromatic rings. The third kappa shape index (κ3) is 6.28. The molecule has 0 radical (unpaired) electrons. The van der Waals surface area contributed by atoms with Gasteiger partial charge >= 0.3 is 0 Å². The fourth-order valence-corrected chi connectivity index (χ4v) is 4.35.